The summed E-state index contributed by atoms with van der Waals surface area (Å²) in [5.41, 5.74) is 1.65. The zero-order valence-electron chi connectivity index (χ0n) is 13.9. The summed E-state index contributed by atoms with van der Waals surface area (Å²) in [5.74, 6) is 0. The average molecular weight is 365 g/mol. The minimum absolute atomic E-state index is 0.0861. The predicted molar refractivity (Wildman–Crippen MR) is 92.5 cm³/mol. The molecule has 8 heteroatoms. The molecule has 4 rings (SSSR count). The molecular formula is C17H21ClN4O3. The lowest BCUT2D eigenvalue weighted by molar-refractivity contribution is -0.0346. The van der Waals surface area contributed by atoms with Crippen LogP contribution in [0.1, 0.15) is 56.6 Å². The van der Waals surface area contributed by atoms with Crippen LogP contribution in [0.25, 0.3) is 11.3 Å². The number of aromatic amines is 1. The monoisotopic (exact) mass is 364 g/mol. The third-order valence-electron chi connectivity index (χ3n) is 4.82. The first-order valence-corrected chi connectivity index (χ1v) is 9.17. The van der Waals surface area contributed by atoms with E-state index < -0.39 is 0 Å². The Morgan fingerprint density at radius 3 is 2.68 bits per heavy atom. The van der Waals surface area contributed by atoms with Crippen molar-refractivity contribution in [2.45, 2.75) is 50.9 Å². The summed E-state index contributed by atoms with van der Waals surface area (Å²) in [6.07, 6.45) is 8.78. The Morgan fingerprint density at radius 2 is 1.96 bits per heavy atom. The van der Waals surface area contributed by atoms with E-state index in [0.717, 1.165) is 56.4 Å². The topological polar surface area (TPSA) is 82.0 Å². The van der Waals surface area contributed by atoms with Gasteiger partial charge in [-0.05, 0) is 38.5 Å². The fourth-order valence-corrected chi connectivity index (χ4v) is 3.72. The van der Waals surface area contributed by atoms with Gasteiger partial charge in [-0.15, -0.1) is 0 Å². The number of H-pyrrole nitrogens is 1. The minimum atomic E-state index is -0.286. The lowest BCUT2D eigenvalue weighted by Crippen LogP contribution is -2.29. The van der Waals surface area contributed by atoms with Gasteiger partial charge < -0.3 is 9.47 Å². The Hall–Kier alpha value is -1.70. The van der Waals surface area contributed by atoms with Gasteiger partial charge in [0.15, 0.2) is 0 Å². The number of rotatable bonds is 3. The molecule has 0 radical (unpaired) electrons. The van der Waals surface area contributed by atoms with Crippen molar-refractivity contribution in [3.05, 3.63) is 33.6 Å². The number of halogens is 1. The van der Waals surface area contributed by atoms with Crippen molar-refractivity contribution in [2.75, 3.05) is 13.2 Å². The van der Waals surface area contributed by atoms with Gasteiger partial charge in [-0.2, -0.15) is 5.10 Å². The summed E-state index contributed by atoms with van der Waals surface area (Å²) in [4.78, 5) is 17.2. The van der Waals surface area contributed by atoms with E-state index in [2.05, 4.69) is 15.2 Å². The summed E-state index contributed by atoms with van der Waals surface area (Å²) in [5, 5.41) is 7.27. The molecule has 2 aliphatic heterocycles. The van der Waals surface area contributed by atoms with Crippen LogP contribution in [0.5, 0.6) is 0 Å². The Balaban J connectivity index is 1.69. The first kappa shape index (κ1) is 16.8. The molecule has 1 N–H and O–H groups in total. The zero-order valence-corrected chi connectivity index (χ0v) is 14.7. The van der Waals surface area contributed by atoms with Gasteiger partial charge in [0.2, 0.25) is 0 Å². The molecule has 2 saturated heterocycles. The van der Waals surface area contributed by atoms with Gasteiger partial charge in [0.25, 0.3) is 5.56 Å². The third kappa shape index (κ3) is 3.23. The van der Waals surface area contributed by atoms with Crippen LogP contribution in [0.4, 0.5) is 0 Å². The van der Waals surface area contributed by atoms with Crippen LogP contribution in [0, 0.1) is 0 Å². The van der Waals surface area contributed by atoms with Gasteiger partial charge in [0.05, 0.1) is 5.69 Å². The molecule has 0 saturated carbocycles. The van der Waals surface area contributed by atoms with Gasteiger partial charge in [0.1, 0.15) is 29.4 Å². The van der Waals surface area contributed by atoms with E-state index in [0.29, 0.717) is 12.3 Å². The van der Waals surface area contributed by atoms with Crippen molar-refractivity contribution < 1.29 is 9.47 Å². The summed E-state index contributed by atoms with van der Waals surface area (Å²) in [6, 6.07) is 0. The number of aromatic nitrogens is 4. The van der Waals surface area contributed by atoms with Gasteiger partial charge in [-0.3, -0.25) is 14.5 Å². The molecule has 0 aliphatic carbocycles. The van der Waals surface area contributed by atoms with Crippen molar-refractivity contribution >= 4 is 11.6 Å². The molecule has 2 fully saturated rings. The minimum Gasteiger partial charge on any atom is -0.372 e. The number of nitrogens with zero attached hydrogens (tertiary/aromatic N) is 3. The van der Waals surface area contributed by atoms with Crippen LogP contribution < -0.4 is 5.56 Å². The number of hydrogen-bond acceptors (Lipinski definition) is 5. The molecule has 0 bridgehead atoms. The Kier molecular flexibility index (Phi) is 4.87. The second-order valence-corrected chi connectivity index (χ2v) is 6.86. The van der Waals surface area contributed by atoms with Crippen molar-refractivity contribution in [1.29, 1.82) is 0 Å². The molecule has 4 heterocycles. The molecule has 2 unspecified atom stereocenters. The van der Waals surface area contributed by atoms with Crippen LogP contribution in [0.2, 0.25) is 5.02 Å². The molecule has 2 aromatic heterocycles. The van der Waals surface area contributed by atoms with E-state index in [1.54, 1.807) is 6.20 Å². The van der Waals surface area contributed by atoms with Crippen LogP contribution in [0.15, 0.2) is 17.3 Å². The molecule has 2 aromatic rings. The van der Waals surface area contributed by atoms with Gasteiger partial charge in [-0.25, -0.2) is 4.98 Å². The fourth-order valence-electron chi connectivity index (χ4n) is 3.47. The largest absolute Gasteiger partial charge is 0.372 e. The molecule has 25 heavy (non-hydrogen) atoms. The zero-order chi connectivity index (χ0) is 17.2. The predicted octanol–water partition coefficient (Wildman–Crippen LogP) is 3.23. The summed E-state index contributed by atoms with van der Waals surface area (Å²) in [6.45, 7) is 1.38. The smallest absolute Gasteiger partial charge is 0.274 e. The van der Waals surface area contributed by atoms with Crippen LogP contribution in [-0.2, 0) is 9.47 Å². The molecule has 0 spiro atoms. The lowest BCUT2D eigenvalue weighted by atomic mass is 10.0. The maximum atomic E-state index is 12.7. The van der Waals surface area contributed by atoms with Crippen molar-refractivity contribution in [1.82, 2.24) is 19.7 Å². The second kappa shape index (κ2) is 7.27. The summed E-state index contributed by atoms with van der Waals surface area (Å²) in [7, 11) is 0. The Morgan fingerprint density at radius 1 is 1.16 bits per heavy atom. The molecule has 134 valence electrons. The number of hydrogen-bond donors (Lipinski definition) is 1. The lowest BCUT2D eigenvalue weighted by Gasteiger charge is -2.24. The summed E-state index contributed by atoms with van der Waals surface area (Å²) < 4.78 is 13.0. The van der Waals surface area contributed by atoms with Crippen LogP contribution in [-0.4, -0.2) is 33.0 Å². The molecule has 0 amide bonds. The van der Waals surface area contributed by atoms with Gasteiger partial charge in [0, 0.05) is 25.0 Å². The number of nitrogens with one attached hydrogen (secondary N) is 1. The van der Waals surface area contributed by atoms with Gasteiger partial charge in [-0.1, -0.05) is 11.6 Å². The fraction of sp³-hybridized carbons (Fsp3) is 0.588. The maximum Gasteiger partial charge on any atom is 0.274 e. The van der Waals surface area contributed by atoms with Crippen molar-refractivity contribution in [3.8, 4) is 11.3 Å². The highest BCUT2D eigenvalue weighted by molar-refractivity contribution is 6.32. The van der Waals surface area contributed by atoms with E-state index in [1.807, 2.05) is 0 Å². The SMILES string of the molecule is O=c1c(Cl)c(-c2c[nH]nc2C2CCCCO2)ncn1C1CCCCO1. The third-order valence-corrected chi connectivity index (χ3v) is 5.16. The molecule has 7 nitrogen and oxygen atoms in total. The molecule has 2 atom stereocenters. The number of ether oxygens (including phenoxy) is 2. The van der Waals surface area contributed by atoms with E-state index in [9.17, 15) is 4.79 Å². The molecular weight excluding hydrogens is 344 g/mol. The summed E-state index contributed by atoms with van der Waals surface area (Å²) >= 11 is 6.39. The highest BCUT2D eigenvalue weighted by Crippen LogP contribution is 2.34. The Labute approximate surface area is 150 Å². The van der Waals surface area contributed by atoms with Crippen LogP contribution in [0.3, 0.4) is 0 Å². The quantitative estimate of drug-likeness (QED) is 0.904. The standard InChI is InChI=1S/C17H21ClN4O3/c18-14-16(11-9-20-21-15(11)12-5-1-3-7-24-12)19-10-22(17(14)23)13-6-2-4-8-25-13/h9-10,12-13H,1-8H2,(H,20,21). The van der Waals surface area contributed by atoms with Crippen molar-refractivity contribution in [2.24, 2.45) is 0 Å². The second-order valence-electron chi connectivity index (χ2n) is 6.48. The van der Waals surface area contributed by atoms with E-state index in [4.69, 9.17) is 21.1 Å². The van der Waals surface area contributed by atoms with E-state index in [-0.39, 0.29) is 22.9 Å². The van der Waals surface area contributed by atoms with Crippen molar-refractivity contribution in [3.63, 3.8) is 0 Å². The first-order valence-electron chi connectivity index (χ1n) is 8.79. The normalized spacial score (nSPS) is 24.4. The van der Waals surface area contributed by atoms with Gasteiger partial charge >= 0.3 is 0 Å². The average Bonchev–Trinajstić information content (AvgIpc) is 3.15. The molecule has 2 aliphatic rings. The Bertz CT molecular complexity index is 791. The highest BCUT2D eigenvalue weighted by Gasteiger charge is 2.26. The highest BCUT2D eigenvalue weighted by atomic mass is 35.5. The molecule has 0 aromatic carbocycles. The van der Waals surface area contributed by atoms with E-state index in [1.165, 1.54) is 10.9 Å². The van der Waals surface area contributed by atoms with E-state index >= 15 is 0 Å². The maximum absolute atomic E-state index is 12.7. The van der Waals surface area contributed by atoms with Crippen LogP contribution >= 0.6 is 11.6 Å². The first-order chi connectivity index (χ1) is 12.3.